The fraction of sp³-hybridized carbons (Fsp3) is 0.933. The molecule has 2 aliphatic heterocycles. The molecule has 0 spiro atoms. The van der Waals surface area contributed by atoms with E-state index in [2.05, 4.69) is 12.2 Å². The molecule has 1 atom stereocenters. The average molecular weight is 268 g/mol. The molecule has 1 N–H and O–H groups in total. The standard InChI is InChI=1S/C15H28N2O2/c1-2-10-19-14-4-3-9-17(12-14)15(18)11-13-5-7-16-8-6-13/h13-14,16H,2-12H2,1H3. The van der Waals surface area contributed by atoms with Crippen LogP contribution >= 0.6 is 0 Å². The van der Waals surface area contributed by atoms with Crippen LogP contribution in [0.25, 0.3) is 0 Å². The Hall–Kier alpha value is -0.610. The van der Waals surface area contributed by atoms with Crippen LogP contribution in [0, 0.1) is 5.92 Å². The highest BCUT2D eigenvalue weighted by atomic mass is 16.5. The molecule has 0 radical (unpaired) electrons. The Kier molecular flexibility index (Phi) is 6.11. The Balaban J connectivity index is 1.74. The van der Waals surface area contributed by atoms with Crippen LogP contribution in [0.2, 0.25) is 0 Å². The Bertz CT molecular complexity index is 277. The summed E-state index contributed by atoms with van der Waals surface area (Å²) in [6, 6.07) is 0. The monoisotopic (exact) mass is 268 g/mol. The maximum Gasteiger partial charge on any atom is 0.222 e. The Morgan fingerprint density at radius 3 is 2.84 bits per heavy atom. The van der Waals surface area contributed by atoms with E-state index in [9.17, 15) is 4.79 Å². The number of likely N-dealkylation sites (tertiary alicyclic amines) is 1. The van der Waals surface area contributed by atoms with E-state index in [0.29, 0.717) is 11.8 Å². The van der Waals surface area contributed by atoms with Gasteiger partial charge >= 0.3 is 0 Å². The van der Waals surface area contributed by atoms with Gasteiger partial charge in [-0.3, -0.25) is 4.79 Å². The second-order valence-corrected chi connectivity index (χ2v) is 5.87. The maximum absolute atomic E-state index is 12.3. The van der Waals surface area contributed by atoms with Crippen molar-refractivity contribution in [3.63, 3.8) is 0 Å². The first kappa shape index (κ1) is 14.8. The summed E-state index contributed by atoms with van der Waals surface area (Å²) in [6.45, 7) is 6.82. The first-order valence-electron chi connectivity index (χ1n) is 7.89. The zero-order valence-electron chi connectivity index (χ0n) is 12.2. The van der Waals surface area contributed by atoms with Crippen LogP contribution in [-0.2, 0) is 9.53 Å². The molecule has 1 unspecified atom stereocenters. The number of carbonyl (C=O) groups excluding carboxylic acids is 1. The third kappa shape index (κ3) is 4.77. The first-order valence-corrected chi connectivity index (χ1v) is 7.89. The summed E-state index contributed by atoms with van der Waals surface area (Å²) in [6.07, 6.45) is 6.56. The molecular weight excluding hydrogens is 240 g/mol. The van der Waals surface area contributed by atoms with Crippen molar-refractivity contribution in [2.45, 2.75) is 51.6 Å². The number of amides is 1. The SMILES string of the molecule is CCCOC1CCCN(C(=O)CC2CCNCC2)C1. The smallest absolute Gasteiger partial charge is 0.222 e. The molecule has 19 heavy (non-hydrogen) atoms. The summed E-state index contributed by atoms with van der Waals surface area (Å²) < 4.78 is 5.80. The Morgan fingerprint density at radius 1 is 1.32 bits per heavy atom. The van der Waals surface area contributed by atoms with E-state index in [1.165, 1.54) is 0 Å². The van der Waals surface area contributed by atoms with Gasteiger partial charge in [0.05, 0.1) is 6.10 Å². The average Bonchev–Trinajstić information content (AvgIpc) is 2.46. The van der Waals surface area contributed by atoms with E-state index < -0.39 is 0 Å². The fourth-order valence-corrected chi connectivity index (χ4v) is 3.05. The summed E-state index contributed by atoms with van der Waals surface area (Å²) >= 11 is 0. The molecule has 4 nitrogen and oxygen atoms in total. The molecule has 0 aliphatic carbocycles. The highest BCUT2D eigenvalue weighted by molar-refractivity contribution is 5.76. The van der Waals surface area contributed by atoms with Gasteiger partial charge in [-0.25, -0.2) is 0 Å². The van der Waals surface area contributed by atoms with Crippen LogP contribution in [0.1, 0.15) is 45.4 Å². The summed E-state index contributed by atoms with van der Waals surface area (Å²) in [4.78, 5) is 14.4. The summed E-state index contributed by atoms with van der Waals surface area (Å²) in [5.74, 6) is 0.933. The predicted molar refractivity (Wildman–Crippen MR) is 76.1 cm³/mol. The van der Waals surface area contributed by atoms with Crippen molar-refractivity contribution in [3.05, 3.63) is 0 Å². The van der Waals surface area contributed by atoms with Gasteiger partial charge < -0.3 is 15.0 Å². The van der Waals surface area contributed by atoms with E-state index in [1.807, 2.05) is 4.90 Å². The van der Waals surface area contributed by atoms with E-state index in [4.69, 9.17) is 4.74 Å². The van der Waals surface area contributed by atoms with Gasteiger partial charge in [-0.05, 0) is 51.1 Å². The lowest BCUT2D eigenvalue weighted by molar-refractivity contribution is -0.136. The molecule has 2 rings (SSSR count). The topological polar surface area (TPSA) is 41.6 Å². The number of piperidine rings is 2. The lowest BCUT2D eigenvalue weighted by Crippen LogP contribution is -2.44. The molecule has 0 aromatic carbocycles. The Morgan fingerprint density at radius 2 is 2.11 bits per heavy atom. The number of hydrogen-bond acceptors (Lipinski definition) is 3. The van der Waals surface area contributed by atoms with Gasteiger partial charge in [-0.1, -0.05) is 6.92 Å². The van der Waals surface area contributed by atoms with Gasteiger partial charge in [0, 0.05) is 26.1 Å². The molecule has 0 aromatic rings. The maximum atomic E-state index is 12.3. The van der Waals surface area contributed by atoms with Gasteiger partial charge in [-0.2, -0.15) is 0 Å². The van der Waals surface area contributed by atoms with Crippen molar-refractivity contribution < 1.29 is 9.53 Å². The van der Waals surface area contributed by atoms with Crippen molar-refractivity contribution in [1.82, 2.24) is 10.2 Å². The van der Waals surface area contributed by atoms with Crippen molar-refractivity contribution >= 4 is 5.91 Å². The molecule has 2 heterocycles. The molecule has 0 aromatic heterocycles. The van der Waals surface area contributed by atoms with Gasteiger partial charge in [0.1, 0.15) is 0 Å². The summed E-state index contributed by atoms with van der Waals surface area (Å²) in [7, 11) is 0. The van der Waals surface area contributed by atoms with Gasteiger partial charge in [0.25, 0.3) is 0 Å². The van der Waals surface area contributed by atoms with Crippen LogP contribution in [0.3, 0.4) is 0 Å². The summed E-state index contributed by atoms with van der Waals surface area (Å²) in [5, 5.41) is 3.35. The van der Waals surface area contributed by atoms with Gasteiger partial charge in [0.2, 0.25) is 5.91 Å². The normalized spacial score (nSPS) is 25.5. The number of hydrogen-bond donors (Lipinski definition) is 1. The van der Waals surface area contributed by atoms with Crippen LogP contribution in [0.4, 0.5) is 0 Å². The number of rotatable bonds is 5. The lowest BCUT2D eigenvalue weighted by Gasteiger charge is -2.34. The van der Waals surface area contributed by atoms with Crippen LogP contribution in [-0.4, -0.2) is 49.7 Å². The van der Waals surface area contributed by atoms with Crippen molar-refractivity contribution in [2.75, 3.05) is 32.8 Å². The Labute approximate surface area is 116 Å². The molecule has 1 amide bonds. The van der Waals surface area contributed by atoms with E-state index in [0.717, 1.165) is 71.3 Å². The first-order chi connectivity index (χ1) is 9.29. The number of ether oxygens (including phenoxy) is 1. The quantitative estimate of drug-likeness (QED) is 0.826. The molecule has 0 bridgehead atoms. The molecule has 2 saturated heterocycles. The minimum Gasteiger partial charge on any atom is -0.376 e. The molecule has 4 heteroatoms. The molecular formula is C15H28N2O2. The van der Waals surface area contributed by atoms with Crippen LogP contribution in [0.15, 0.2) is 0 Å². The fourth-order valence-electron chi connectivity index (χ4n) is 3.05. The molecule has 0 saturated carbocycles. The zero-order chi connectivity index (χ0) is 13.5. The number of nitrogens with one attached hydrogen (secondary N) is 1. The lowest BCUT2D eigenvalue weighted by atomic mass is 9.93. The third-order valence-electron chi connectivity index (χ3n) is 4.21. The van der Waals surface area contributed by atoms with Gasteiger partial charge in [0.15, 0.2) is 0 Å². The number of carbonyl (C=O) groups is 1. The molecule has 2 aliphatic rings. The van der Waals surface area contributed by atoms with Crippen molar-refractivity contribution in [3.8, 4) is 0 Å². The predicted octanol–water partition coefficient (Wildman–Crippen LogP) is 1.79. The highest BCUT2D eigenvalue weighted by Gasteiger charge is 2.26. The number of nitrogens with zero attached hydrogens (tertiary/aromatic N) is 1. The van der Waals surface area contributed by atoms with Gasteiger partial charge in [-0.15, -0.1) is 0 Å². The van der Waals surface area contributed by atoms with E-state index >= 15 is 0 Å². The molecule has 2 fully saturated rings. The van der Waals surface area contributed by atoms with E-state index in [1.54, 1.807) is 0 Å². The molecule has 110 valence electrons. The second kappa shape index (κ2) is 7.85. The van der Waals surface area contributed by atoms with Crippen molar-refractivity contribution in [1.29, 1.82) is 0 Å². The minimum absolute atomic E-state index is 0.269. The second-order valence-electron chi connectivity index (χ2n) is 5.87. The van der Waals surface area contributed by atoms with Crippen LogP contribution < -0.4 is 5.32 Å². The largest absolute Gasteiger partial charge is 0.376 e. The third-order valence-corrected chi connectivity index (χ3v) is 4.21. The van der Waals surface area contributed by atoms with E-state index in [-0.39, 0.29) is 6.10 Å². The zero-order valence-corrected chi connectivity index (χ0v) is 12.2. The van der Waals surface area contributed by atoms with Crippen LogP contribution in [0.5, 0.6) is 0 Å². The van der Waals surface area contributed by atoms with Crippen molar-refractivity contribution in [2.24, 2.45) is 5.92 Å². The highest BCUT2D eigenvalue weighted by Crippen LogP contribution is 2.20. The summed E-state index contributed by atoms with van der Waals surface area (Å²) in [5.41, 5.74) is 0. The minimum atomic E-state index is 0.269.